The largest absolute Gasteiger partial charge is 0.346 e. The van der Waals surface area contributed by atoms with Gasteiger partial charge in [0.1, 0.15) is 12.4 Å². The Bertz CT molecular complexity index is 765. The van der Waals surface area contributed by atoms with Gasteiger partial charge in [0.2, 0.25) is 5.91 Å². The molecule has 0 bridgehead atoms. The molecule has 0 aromatic carbocycles. The lowest BCUT2D eigenvalue weighted by Crippen LogP contribution is -2.36. The minimum atomic E-state index is -0.176. The van der Waals surface area contributed by atoms with Crippen LogP contribution in [-0.2, 0) is 24.3 Å². The Morgan fingerprint density at radius 2 is 2.04 bits per heavy atom. The predicted octanol–water partition coefficient (Wildman–Crippen LogP) is 1.39. The van der Waals surface area contributed by atoms with E-state index < -0.39 is 0 Å². The monoisotopic (exact) mass is 329 g/mol. The zero-order valence-electron chi connectivity index (χ0n) is 14.2. The lowest BCUT2D eigenvalue weighted by Gasteiger charge is -2.25. The lowest BCUT2D eigenvalue weighted by atomic mass is 10.1. The highest BCUT2D eigenvalue weighted by Gasteiger charge is 2.21. The second-order valence-corrected chi connectivity index (χ2v) is 6.28. The first-order valence-corrected chi connectivity index (χ1v) is 8.40. The maximum absolute atomic E-state index is 12.6. The standard InChI is InChI=1S/C17H23N5O2/c1-13(14-7-9-18-10-8-14)20(2)16(23)12-22-17(24)21-11-5-3-4-6-15(21)19-22/h7-10,13H,3-6,11-12H2,1-2H3. The van der Waals surface area contributed by atoms with Gasteiger partial charge in [0.25, 0.3) is 0 Å². The Balaban J connectivity index is 1.74. The minimum absolute atomic E-state index is 0.0231. The number of amides is 1. The minimum Gasteiger partial charge on any atom is -0.337 e. The average molecular weight is 329 g/mol. The molecule has 0 aliphatic carbocycles. The summed E-state index contributed by atoms with van der Waals surface area (Å²) in [5.41, 5.74) is 0.832. The number of aromatic nitrogens is 4. The molecule has 1 unspecified atom stereocenters. The summed E-state index contributed by atoms with van der Waals surface area (Å²) in [4.78, 5) is 30.6. The number of hydrogen-bond acceptors (Lipinski definition) is 4. The molecule has 1 atom stereocenters. The predicted molar refractivity (Wildman–Crippen MR) is 89.5 cm³/mol. The highest BCUT2D eigenvalue weighted by molar-refractivity contribution is 5.76. The SMILES string of the molecule is CC(c1ccncc1)N(C)C(=O)Cn1nc2n(c1=O)CCCCC2. The molecule has 0 N–H and O–H groups in total. The third-order valence-electron chi connectivity index (χ3n) is 4.73. The maximum Gasteiger partial charge on any atom is 0.346 e. The van der Waals surface area contributed by atoms with Crippen LogP contribution in [0.3, 0.4) is 0 Å². The molecule has 0 spiro atoms. The molecule has 3 rings (SSSR count). The normalized spacial score (nSPS) is 15.4. The number of carbonyl (C=O) groups excluding carboxylic acids is 1. The number of pyridine rings is 1. The van der Waals surface area contributed by atoms with E-state index in [1.807, 2.05) is 19.1 Å². The van der Waals surface area contributed by atoms with E-state index >= 15 is 0 Å². The van der Waals surface area contributed by atoms with Crippen molar-refractivity contribution in [2.75, 3.05) is 7.05 Å². The van der Waals surface area contributed by atoms with Crippen LogP contribution >= 0.6 is 0 Å². The van der Waals surface area contributed by atoms with Crippen molar-refractivity contribution in [2.45, 2.75) is 51.7 Å². The first-order valence-electron chi connectivity index (χ1n) is 8.40. The van der Waals surface area contributed by atoms with Gasteiger partial charge in [0.15, 0.2) is 0 Å². The summed E-state index contributed by atoms with van der Waals surface area (Å²) >= 11 is 0. The van der Waals surface area contributed by atoms with Gasteiger partial charge < -0.3 is 4.90 Å². The Labute approximate surface area is 140 Å². The molecule has 2 aromatic heterocycles. The molecule has 0 saturated carbocycles. The van der Waals surface area contributed by atoms with Crippen LogP contribution < -0.4 is 5.69 Å². The van der Waals surface area contributed by atoms with Crippen molar-refractivity contribution in [1.29, 1.82) is 0 Å². The highest BCUT2D eigenvalue weighted by Crippen LogP contribution is 2.18. The van der Waals surface area contributed by atoms with Crippen molar-refractivity contribution in [3.8, 4) is 0 Å². The third-order valence-corrected chi connectivity index (χ3v) is 4.73. The zero-order chi connectivity index (χ0) is 17.1. The number of carbonyl (C=O) groups is 1. The Hall–Kier alpha value is -2.44. The highest BCUT2D eigenvalue weighted by atomic mass is 16.2. The molecule has 2 aromatic rings. The van der Waals surface area contributed by atoms with Crippen molar-refractivity contribution in [3.05, 3.63) is 46.4 Å². The van der Waals surface area contributed by atoms with Crippen LogP contribution in [-0.4, -0.2) is 37.2 Å². The molecule has 1 amide bonds. The Kier molecular flexibility index (Phi) is 4.78. The van der Waals surface area contributed by atoms with Gasteiger partial charge in [0.05, 0.1) is 6.04 Å². The number of rotatable bonds is 4. The number of likely N-dealkylation sites (N-methyl/N-ethyl adjacent to an activating group) is 1. The van der Waals surface area contributed by atoms with Gasteiger partial charge in [-0.1, -0.05) is 6.42 Å². The van der Waals surface area contributed by atoms with Crippen molar-refractivity contribution >= 4 is 5.91 Å². The molecule has 128 valence electrons. The fourth-order valence-electron chi connectivity index (χ4n) is 3.05. The van der Waals surface area contributed by atoms with E-state index in [9.17, 15) is 9.59 Å². The van der Waals surface area contributed by atoms with E-state index in [4.69, 9.17) is 0 Å². The molecule has 0 saturated heterocycles. The second kappa shape index (κ2) is 6.98. The lowest BCUT2D eigenvalue weighted by molar-refractivity contribution is -0.132. The van der Waals surface area contributed by atoms with Gasteiger partial charge in [-0.15, -0.1) is 0 Å². The van der Waals surface area contributed by atoms with Crippen LogP contribution in [0.2, 0.25) is 0 Å². The molecule has 0 radical (unpaired) electrons. The summed E-state index contributed by atoms with van der Waals surface area (Å²) in [6, 6.07) is 3.69. The van der Waals surface area contributed by atoms with Crippen LogP contribution in [0.15, 0.2) is 29.3 Å². The summed E-state index contributed by atoms with van der Waals surface area (Å²) in [5.74, 6) is 0.671. The van der Waals surface area contributed by atoms with Gasteiger partial charge in [-0.2, -0.15) is 5.10 Å². The van der Waals surface area contributed by atoms with E-state index in [2.05, 4.69) is 10.1 Å². The summed E-state index contributed by atoms with van der Waals surface area (Å²) in [5, 5.41) is 4.37. The first-order chi connectivity index (χ1) is 11.6. The summed E-state index contributed by atoms with van der Waals surface area (Å²) in [7, 11) is 1.75. The molecule has 1 aliphatic rings. The quantitative estimate of drug-likeness (QED) is 0.849. The van der Waals surface area contributed by atoms with Crippen molar-refractivity contribution in [2.24, 2.45) is 0 Å². The van der Waals surface area contributed by atoms with E-state index in [1.54, 1.807) is 28.9 Å². The topological polar surface area (TPSA) is 73.0 Å². The number of aryl methyl sites for hydroxylation is 1. The molecule has 3 heterocycles. The van der Waals surface area contributed by atoms with Crippen LogP contribution in [0.4, 0.5) is 0 Å². The fraction of sp³-hybridized carbons (Fsp3) is 0.529. The van der Waals surface area contributed by atoms with Crippen molar-refractivity contribution < 1.29 is 4.79 Å². The van der Waals surface area contributed by atoms with Gasteiger partial charge in [0, 0.05) is 32.4 Å². The van der Waals surface area contributed by atoms with Crippen LogP contribution in [0.1, 0.15) is 43.6 Å². The molecular weight excluding hydrogens is 306 g/mol. The van der Waals surface area contributed by atoms with E-state index in [0.717, 1.165) is 37.1 Å². The van der Waals surface area contributed by atoms with E-state index in [1.165, 1.54) is 4.68 Å². The molecule has 7 nitrogen and oxygen atoms in total. The van der Waals surface area contributed by atoms with Crippen LogP contribution in [0.25, 0.3) is 0 Å². The van der Waals surface area contributed by atoms with Crippen molar-refractivity contribution in [3.63, 3.8) is 0 Å². The van der Waals surface area contributed by atoms with Gasteiger partial charge in [-0.3, -0.25) is 14.3 Å². The number of hydrogen-bond donors (Lipinski definition) is 0. The van der Waals surface area contributed by atoms with Gasteiger partial charge in [-0.05, 0) is 37.5 Å². The Morgan fingerprint density at radius 1 is 1.29 bits per heavy atom. The maximum atomic E-state index is 12.6. The van der Waals surface area contributed by atoms with Crippen molar-refractivity contribution in [1.82, 2.24) is 24.2 Å². The smallest absolute Gasteiger partial charge is 0.337 e. The average Bonchev–Trinajstić information content (AvgIpc) is 2.78. The fourth-order valence-corrected chi connectivity index (χ4v) is 3.05. The van der Waals surface area contributed by atoms with Crippen LogP contribution in [0.5, 0.6) is 0 Å². The van der Waals surface area contributed by atoms with E-state index in [0.29, 0.717) is 6.54 Å². The second-order valence-electron chi connectivity index (χ2n) is 6.28. The molecule has 24 heavy (non-hydrogen) atoms. The number of nitrogens with zero attached hydrogens (tertiary/aromatic N) is 5. The third kappa shape index (κ3) is 3.25. The first kappa shape index (κ1) is 16.4. The summed E-state index contributed by atoms with van der Waals surface area (Å²) in [6.07, 6.45) is 7.38. The summed E-state index contributed by atoms with van der Waals surface area (Å²) < 4.78 is 3.02. The van der Waals surface area contributed by atoms with Gasteiger partial charge in [-0.25, -0.2) is 9.48 Å². The Morgan fingerprint density at radius 3 is 2.79 bits per heavy atom. The zero-order valence-corrected chi connectivity index (χ0v) is 14.2. The molecule has 1 aliphatic heterocycles. The molecule has 7 heteroatoms. The van der Waals surface area contributed by atoms with E-state index in [-0.39, 0.29) is 24.2 Å². The molecule has 0 fully saturated rings. The number of fused-ring (bicyclic) bond motifs is 1. The van der Waals surface area contributed by atoms with Gasteiger partial charge >= 0.3 is 5.69 Å². The van der Waals surface area contributed by atoms with Crippen LogP contribution in [0, 0.1) is 0 Å². The molecular formula is C17H23N5O2. The summed E-state index contributed by atoms with van der Waals surface area (Å²) in [6.45, 7) is 2.63.